The summed E-state index contributed by atoms with van der Waals surface area (Å²) in [5, 5.41) is 0. The van der Waals surface area contributed by atoms with Crippen molar-refractivity contribution in [3.05, 3.63) is 34.9 Å². The molecule has 0 aliphatic carbocycles. The smallest absolute Gasteiger partial charge is 0.371 e. The van der Waals surface area contributed by atoms with Gasteiger partial charge in [-0.1, -0.05) is 6.42 Å². The zero-order valence-corrected chi connectivity index (χ0v) is 20.5. The minimum atomic E-state index is -4.84. The van der Waals surface area contributed by atoms with Crippen molar-refractivity contribution in [3.8, 4) is 0 Å². The van der Waals surface area contributed by atoms with Gasteiger partial charge in [-0.05, 0) is 84.6 Å². The van der Waals surface area contributed by atoms with Crippen molar-refractivity contribution < 1.29 is 39.6 Å². The number of hydrogen-bond donors (Lipinski definition) is 0. The average molecular weight is 489 g/mol. The van der Waals surface area contributed by atoms with E-state index in [0.29, 0.717) is 25.3 Å². The van der Waals surface area contributed by atoms with Gasteiger partial charge in [-0.3, -0.25) is 0 Å². The van der Waals surface area contributed by atoms with Crippen LogP contribution in [0.3, 0.4) is 0 Å². The minimum absolute atomic E-state index is 0.0194. The number of aryl methyl sites for hydroxylation is 1. The highest BCUT2D eigenvalue weighted by Gasteiger charge is 2.43. The molecule has 3 nitrogen and oxygen atoms in total. The molecule has 0 bridgehead atoms. The highest BCUT2D eigenvalue weighted by atomic mass is 28.4. The quantitative estimate of drug-likeness (QED) is 0.172. The number of benzene rings is 1. The number of hydrogen-bond acceptors (Lipinski definition) is 3. The molecule has 0 aromatic heterocycles. The fourth-order valence-electron chi connectivity index (χ4n) is 3.35. The number of unbranched alkanes of at least 4 members (excludes halogenated alkanes) is 2. The maximum Gasteiger partial charge on any atom is 0.501 e. The first-order valence-electron chi connectivity index (χ1n) is 10.9. The molecule has 1 aromatic rings. The maximum absolute atomic E-state index is 13.0. The lowest BCUT2D eigenvalue weighted by Crippen LogP contribution is -2.50. The number of alkyl halides is 6. The van der Waals surface area contributed by atoms with E-state index in [1.807, 2.05) is 41.5 Å². The first-order chi connectivity index (χ1) is 14.5. The van der Waals surface area contributed by atoms with E-state index in [2.05, 4.69) is 0 Å². The van der Waals surface area contributed by atoms with Crippen molar-refractivity contribution in [1.29, 1.82) is 0 Å². The highest BCUT2D eigenvalue weighted by Crippen LogP contribution is 2.36. The Morgan fingerprint density at radius 2 is 1.06 bits per heavy atom. The molecule has 0 saturated heterocycles. The molecule has 0 fully saturated rings. The minimum Gasteiger partial charge on any atom is -0.371 e. The molecule has 0 spiro atoms. The summed E-state index contributed by atoms with van der Waals surface area (Å²) in [6.45, 7) is 11.3. The van der Waals surface area contributed by atoms with Crippen LogP contribution in [0.4, 0.5) is 26.3 Å². The lowest BCUT2D eigenvalue weighted by Gasteiger charge is -2.34. The molecule has 0 aliphatic rings. The fraction of sp³-hybridized carbons (Fsp3) is 0.727. The molecule has 186 valence electrons. The molecule has 0 unspecified atom stereocenters. The Morgan fingerprint density at radius 1 is 0.656 bits per heavy atom. The van der Waals surface area contributed by atoms with E-state index in [4.69, 9.17) is 13.3 Å². The van der Waals surface area contributed by atoms with Crippen LogP contribution in [0.25, 0.3) is 0 Å². The summed E-state index contributed by atoms with van der Waals surface area (Å²) < 4.78 is 96.3. The van der Waals surface area contributed by atoms with E-state index in [-0.39, 0.29) is 36.4 Å². The normalized spacial score (nSPS) is 13.6. The fourth-order valence-corrected chi connectivity index (χ4v) is 6.71. The van der Waals surface area contributed by atoms with Crippen molar-refractivity contribution in [1.82, 2.24) is 0 Å². The molecule has 0 aliphatic heterocycles. The van der Waals surface area contributed by atoms with Crippen LogP contribution in [0.2, 0.25) is 6.04 Å². The molecule has 0 atom stereocenters. The zero-order chi connectivity index (χ0) is 24.7. The Balaban J connectivity index is 2.84. The number of rotatable bonds is 12. The average Bonchev–Trinajstić information content (AvgIpc) is 2.57. The van der Waals surface area contributed by atoms with Crippen LogP contribution in [-0.4, -0.2) is 27.1 Å². The third-order valence-electron chi connectivity index (χ3n) is 4.34. The van der Waals surface area contributed by atoms with Gasteiger partial charge in [0, 0.05) is 24.4 Å². The van der Waals surface area contributed by atoms with Gasteiger partial charge in [0.25, 0.3) is 0 Å². The second-order valence-electron chi connectivity index (χ2n) is 8.66. The van der Waals surface area contributed by atoms with Gasteiger partial charge in [-0.2, -0.15) is 26.3 Å². The summed E-state index contributed by atoms with van der Waals surface area (Å²) in [4.78, 5) is 0. The Morgan fingerprint density at radius 3 is 1.41 bits per heavy atom. The first-order valence-corrected chi connectivity index (χ1v) is 12.8. The van der Waals surface area contributed by atoms with E-state index in [1.165, 1.54) is 0 Å². The second kappa shape index (κ2) is 11.9. The van der Waals surface area contributed by atoms with Gasteiger partial charge in [-0.15, -0.1) is 0 Å². The van der Waals surface area contributed by atoms with Gasteiger partial charge in [-0.25, -0.2) is 0 Å². The van der Waals surface area contributed by atoms with Crippen LogP contribution in [0.1, 0.15) is 77.5 Å². The Hall–Kier alpha value is -1.10. The molecule has 0 N–H and O–H groups in total. The Labute approximate surface area is 187 Å². The van der Waals surface area contributed by atoms with Gasteiger partial charge >= 0.3 is 21.2 Å². The summed E-state index contributed by atoms with van der Waals surface area (Å²) >= 11 is 0. The predicted octanol–water partition coefficient (Wildman–Crippen LogP) is 7.65. The largest absolute Gasteiger partial charge is 0.501 e. The maximum atomic E-state index is 13.0. The van der Waals surface area contributed by atoms with Crippen LogP contribution < -0.4 is 0 Å². The second-order valence-corrected chi connectivity index (χ2v) is 11.2. The van der Waals surface area contributed by atoms with E-state index in [0.717, 1.165) is 12.1 Å². The standard InChI is InChI=1S/C22H34F6O3Si/c1-15(2)29-32(30-16(3)4,31-17(5)6)11-9-7-8-10-18-12-19(21(23,24)25)14-20(13-18)22(26,27)28/h12-17H,7-11H2,1-6H3. The predicted molar refractivity (Wildman–Crippen MR) is 113 cm³/mol. The molecule has 32 heavy (non-hydrogen) atoms. The molecule has 0 radical (unpaired) electrons. The van der Waals surface area contributed by atoms with Gasteiger partial charge in [0.1, 0.15) is 0 Å². The molecule has 1 rings (SSSR count). The molecule has 10 heteroatoms. The summed E-state index contributed by atoms with van der Waals surface area (Å²) in [7, 11) is -2.98. The van der Waals surface area contributed by atoms with Gasteiger partial charge in [0.05, 0.1) is 11.1 Å². The molecule has 0 amide bonds. The Kier molecular flexibility index (Phi) is 10.7. The third kappa shape index (κ3) is 10.2. The van der Waals surface area contributed by atoms with Crippen molar-refractivity contribution in [3.63, 3.8) is 0 Å². The SMILES string of the molecule is CC(C)O[Si](CCCCCc1cc(C(F)(F)F)cc(C(F)(F)F)c1)(OC(C)C)OC(C)C. The summed E-state index contributed by atoms with van der Waals surface area (Å²) in [5.74, 6) is 0. The van der Waals surface area contributed by atoms with E-state index in [1.54, 1.807) is 0 Å². The summed E-state index contributed by atoms with van der Waals surface area (Å²) in [5.41, 5.74) is -2.55. The van der Waals surface area contributed by atoms with Gasteiger partial charge in [0.2, 0.25) is 0 Å². The van der Waals surface area contributed by atoms with Crippen molar-refractivity contribution >= 4 is 8.80 Å². The zero-order valence-electron chi connectivity index (χ0n) is 19.5. The van der Waals surface area contributed by atoms with Gasteiger partial charge in [0.15, 0.2) is 0 Å². The molecule has 1 aromatic carbocycles. The summed E-state index contributed by atoms with van der Waals surface area (Å²) in [6, 6.07) is 2.26. The lowest BCUT2D eigenvalue weighted by molar-refractivity contribution is -0.143. The third-order valence-corrected chi connectivity index (χ3v) is 7.80. The lowest BCUT2D eigenvalue weighted by atomic mass is 10.0. The summed E-state index contributed by atoms with van der Waals surface area (Å²) in [6.07, 6.45) is -8.22. The topological polar surface area (TPSA) is 27.7 Å². The van der Waals surface area contributed by atoms with Crippen LogP contribution in [-0.2, 0) is 32.1 Å². The van der Waals surface area contributed by atoms with Crippen LogP contribution in [0, 0.1) is 0 Å². The Bertz CT molecular complexity index is 643. The van der Waals surface area contributed by atoms with E-state index in [9.17, 15) is 26.3 Å². The first kappa shape index (κ1) is 28.9. The van der Waals surface area contributed by atoms with Gasteiger partial charge < -0.3 is 13.3 Å². The molecular formula is C22H34F6O3Si. The van der Waals surface area contributed by atoms with E-state index >= 15 is 0 Å². The van der Waals surface area contributed by atoms with Crippen LogP contribution >= 0.6 is 0 Å². The van der Waals surface area contributed by atoms with Crippen molar-refractivity contribution in [2.45, 2.75) is 104 Å². The molecule has 0 saturated carbocycles. The van der Waals surface area contributed by atoms with Crippen molar-refractivity contribution in [2.24, 2.45) is 0 Å². The van der Waals surface area contributed by atoms with E-state index < -0.39 is 32.3 Å². The molecular weight excluding hydrogens is 454 g/mol. The molecule has 0 heterocycles. The highest BCUT2D eigenvalue weighted by molar-refractivity contribution is 6.60. The monoisotopic (exact) mass is 488 g/mol. The van der Waals surface area contributed by atoms with Crippen LogP contribution in [0.15, 0.2) is 18.2 Å². The number of halogens is 6. The van der Waals surface area contributed by atoms with Crippen LogP contribution in [0.5, 0.6) is 0 Å². The van der Waals surface area contributed by atoms with Crippen molar-refractivity contribution in [2.75, 3.05) is 0 Å².